The van der Waals surface area contributed by atoms with Gasteiger partial charge in [-0.3, -0.25) is 0 Å². The van der Waals surface area contributed by atoms with Crippen LogP contribution in [0.25, 0.3) is 0 Å². The van der Waals surface area contributed by atoms with Gasteiger partial charge in [-0.05, 0) is 46.5 Å². The van der Waals surface area contributed by atoms with E-state index in [0.717, 1.165) is 12.0 Å². The summed E-state index contributed by atoms with van der Waals surface area (Å²) in [6.45, 7) is 9.79. The van der Waals surface area contributed by atoms with Crippen molar-refractivity contribution in [3.8, 4) is 0 Å². The molecule has 200 valence electrons. The Morgan fingerprint density at radius 1 is 1.00 bits per heavy atom. The third kappa shape index (κ3) is 4.50. The Morgan fingerprint density at radius 2 is 1.58 bits per heavy atom. The first-order chi connectivity index (χ1) is 18.2. The Bertz CT molecular complexity index is 1200. The van der Waals surface area contributed by atoms with Gasteiger partial charge in [0.2, 0.25) is 0 Å². The van der Waals surface area contributed by atoms with E-state index in [1.807, 2.05) is 31.2 Å². The third-order valence-corrected chi connectivity index (χ3v) is 13.8. The van der Waals surface area contributed by atoms with Gasteiger partial charge in [-0.2, -0.15) is 0 Å². The molecule has 5 heteroatoms. The monoisotopic (exact) mass is 530 g/mol. The molecule has 1 aliphatic carbocycles. The van der Waals surface area contributed by atoms with Crippen molar-refractivity contribution in [1.29, 1.82) is 0 Å². The van der Waals surface area contributed by atoms with Gasteiger partial charge in [-0.15, -0.1) is 0 Å². The Labute approximate surface area is 227 Å². The van der Waals surface area contributed by atoms with E-state index >= 15 is 0 Å². The first-order valence-electron chi connectivity index (χ1n) is 13.7. The van der Waals surface area contributed by atoms with Crippen molar-refractivity contribution in [3.63, 3.8) is 0 Å². The lowest BCUT2D eigenvalue weighted by Gasteiger charge is -2.46. The highest BCUT2D eigenvalue weighted by Crippen LogP contribution is 2.57. The lowest BCUT2D eigenvalue weighted by atomic mass is 9.68. The Kier molecular flexibility index (Phi) is 7.49. The third-order valence-electron chi connectivity index (χ3n) is 8.78. The number of hydrogen-bond donors (Lipinski definition) is 1. The standard InChI is InChI=1S/C33H39FO3Si/c1-5-12-29(35)31-28(30-21-33(31,23-36-30)24-17-19-25(34)20-18-24)22-37-38(32(2,3)4,26-13-8-6-9-14-26)27-15-10-7-11-16-27/h5-20,28-31,35H,21-23H2,1-4H3/b12-5+/t28-,29-,30+,31-,33?/m1/s1. The van der Waals surface area contributed by atoms with E-state index in [4.69, 9.17) is 9.16 Å². The topological polar surface area (TPSA) is 38.7 Å². The second-order valence-electron chi connectivity index (χ2n) is 11.9. The molecule has 3 aromatic rings. The molecule has 1 aliphatic heterocycles. The van der Waals surface area contributed by atoms with Crippen molar-refractivity contribution in [2.75, 3.05) is 13.2 Å². The van der Waals surface area contributed by atoms with E-state index in [9.17, 15) is 9.50 Å². The number of aliphatic hydroxyl groups excluding tert-OH is 1. The predicted octanol–water partition coefficient (Wildman–Crippen LogP) is 5.61. The van der Waals surface area contributed by atoms with E-state index in [1.54, 1.807) is 0 Å². The number of fused-ring (bicyclic) bond motifs is 2. The molecule has 3 nitrogen and oxygen atoms in total. The number of aliphatic hydroxyl groups is 1. The zero-order chi connectivity index (χ0) is 27.0. The van der Waals surface area contributed by atoms with Crippen molar-refractivity contribution in [2.24, 2.45) is 11.8 Å². The Balaban J connectivity index is 1.57. The second-order valence-corrected chi connectivity index (χ2v) is 16.2. The van der Waals surface area contributed by atoms with E-state index in [1.165, 1.54) is 22.5 Å². The van der Waals surface area contributed by atoms with E-state index in [2.05, 4.69) is 81.4 Å². The summed E-state index contributed by atoms with van der Waals surface area (Å²) in [6, 6.07) is 28.1. The highest BCUT2D eigenvalue weighted by Gasteiger charge is 2.62. The van der Waals surface area contributed by atoms with Gasteiger partial charge in [0, 0.05) is 23.9 Å². The molecular weight excluding hydrogens is 491 g/mol. The molecule has 1 saturated heterocycles. The minimum absolute atomic E-state index is 0.00153. The fourth-order valence-electron chi connectivity index (χ4n) is 7.15. The van der Waals surface area contributed by atoms with Crippen LogP contribution >= 0.6 is 0 Å². The fourth-order valence-corrected chi connectivity index (χ4v) is 11.7. The summed E-state index contributed by atoms with van der Waals surface area (Å²) < 4.78 is 27.5. The van der Waals surface area contributed by atoms with Crippen molar-refractivity contribution in [2.45, 2.75) is 56.8 Å². The van der Waals surface area contributed by atoms with Crippen LogP contribution in [-0.4, -0.2) is 38.8 Å². The number of hydrogen-bond acceptors (Lipinski definition) is 3. The van der Waals surface area contributed by atoms with Crippen molar-refractivity contribution < 1.29 is 18.7 Å². The highest BCUT2D eigenvalue weighted by molar-refractivity contribution is 6.99. The molecule has 2 fully saturated rings. The first-order valence-corrected chi connectivity index (χ1v) is 15.6. The van der Waals surface area contributed by atoms with Crippen molar-refractivity contribution in [1.82, 2.24) is 0 Å². The molecule has 2 bridgehead atoms. The molecule has 38 heavy (non-hydrogen) atoms. The summed E-state index contributed by atoms with van der Waals surface area (Å²) in [7, 11) is -2.74. The Hall–Kier alpha value is -2.57. The molecule has 1 unspecified atom stereocenters. The largest absolute Gasteiger partial charge is 0.407 e. The van der Waals surface area contributed by atoms with Crippen LogP contribution in [-0.2, 0) is 14.6 Å². The molecule has 1 N–H and O–H groups in total. The van der Waals surface area contributed by atoms with Crippen LogP contribution in [0.1, 0.15) is 39.7 Å². The van der Waals surface area contributed by atoms with E-state index in [0.29, 0.717) is 13.2 Å². The molecule has 5 rings (SSSR count). The van der Waals surface area contributed by atoms with Gasteiger partial charge >= 0.3 is 0 Å². The van der Waals surface area contributed by atoms with E-state index in [-0.39, 0.29) is 34.2 Å². The van der Waals surface area contributed by atoms with Gasteiger partial charge in [0.1, 0.15) is 5.82 Å². The zero-order valence-corrected chi connectivity index (χ0v) is 23.8. The molecule has 3 aromatic carbocycles. The summed E-state index contributed by atoms with van der Waals surface area (Å²) in [5.41, 5.74) is 0.652. The van der Waals surface area contributed by atoms with Gasteiger partial charge in [0.15, 0.2) is 0 Å². The summed E-state index contributed by atoms with van der Waals surface area (Å²) in [5.74, 6) is -0.349. The fraction of sp³-hybridized carbons (Fsp3) is 0.394. The summed E-state index contributed by atoms with van der Waals surface area (Å²) in [5, 5.41) is 13.8. The van der Waals surface area contributed by atoms with Crippen LogP contribution in [0.15, 0.2) is 97.1 Å². The molecular formula is C33H39FO3Si. The molecule has 0 amide bonds. The number of rotatable bonds is 8. The second kappa shape index (κ2) is 10.5. The summed E-state index contributed by atoms with van der Waals surface area (Å²) in [6.07, 6.45) is 3.92. The van der Waals surface area contributed by atoms with Gasteiger partial charge in [0.05, 0.1) is 18.8 Å². The van der Waals surface area contributed by atoms with Crippen molar-refractivity contribution >= 4 is 18.7 Å². The number of halogens is 1. The normalized spacial score (nSPS) is 26.2. The predicted molar refractivity (Wildman–Crippen MR) is 154 cm³/mol. The number of allylic oxidation sites excluding steroid dienone is 1. The van der Waals surface area contributed by atoms with Crippen LogP contribution in [0.4, 0.5) is 4.39 Å². The smallest absolute Gasteiger partial charge is 0.261 e. The lowest BCUT2D eigenvalue weighted by molar-refractivity contribution is -0.0577. The minimum Gasteiger partial charge on any atom is -0.407 e. The molecule has 2 aliphatic rings. The van der Waals surface area contributed by atoms with Crippen LogP contribution in [0, 0.1) is 17.7 Å². The lowest BCUT2D eigenvalue weighted by Crippen LogP contribution is -2.67. The van der Waals surface area contributed by atoms with Gasteiger partial charge in [-0.1, -0.05) is 106 Å². The highest BCUT2D eigenvalue weighted by atomic mass is 28.4. The molecule has 1 heterocycles. The van der Waals surface area contributed by atoms with Crippen LogP contribution < -0.4 is 10.4 Å². The van der Waals surface area contributed by atoms with Gasteiger partial charge < -0.3 is 14.3 Å². The SMILES string of the molecule is C/C=C/[C@@H](O)[C@H]1[C@H](CO[Si](c2ccccc2)(c2ccccc2)C(C)(C)C)[C@@H]2CC1(c1ccc(F)cc1)CO2. The quantitative estimate of drug-likeness (QED) is 0.304. The first kappa shape index (κ1) is 27.0. The maximum Gasteiger partial charge on any atom is 0.261 e. The summed E-state index contributed by atoms with van der Waals surface area (Å²) in [4.78, 5) is 0. The molecule has 5 atom stereocenters. The Morgan fingerprint density at radius 3 is 2.11 bits per heavy atom. The average Bonchev–Trinajstić information content (AvgIpc) is 3.48. The minimum atomic E-state index is -2.74. The summed E-state index contributed by atoms with van der Waals surface area (Å²) >= 11 is 0. The average molecular weight is 531 g/mol. The zero-order valence-electron chi connectivity index (χ0n) is 22.8. The van der Waals surface area contributed by atoms with Gasteiger partial charge in [0.25, 0.3) is 8.32 Å². The molecule has 0 aromatic heterocycles. The molecule has 0 radical (unpaired) electrons. The molecule has 0 spiro atoms. The van der Waals surface area contributed by atoms with E-state index < -0.39 is 14.4 Å². The van der Waals surface area contributed by atoms with Crippen LogP contribution in [0.5, 0.6) is 0 Å². The maximum absolute atomic E-state index is 13.8. The molecule has 1 saturated carbocycles. The van der Waals surface area contributed by atoms with Crippen molar-refractivity contribution in [3.05, 3.63) is 108 Å². The number of ether oxygens (including phenoxy) is 1. The maximum atomic E-state index is 13.8. The van der Waals surface area contributed by atoms with Crippen LogP contribution in [0.3, 0.4) is 0 Å². The number of benzene rings is 3. The van der Waals surface area contributed by atoms with Crippen LogP contribution in [0.2, 0.25) is 5.04 Å². The van der Waals surface area contributed by atoms with Gasteiger partial charge in [-0.25, -0.2) is 4.39 Å².